The maximum absolute atomic E-state index is 13.7. The number of rotatable bonds is 3. The molecule has 2 unspecified atom stereocenters. The van der Waals surface area contributed by atoms with Crippen LogP contribution in [0, 0.1) is 17.4 Å². The first-order valence-electron chi connectivity index (χ1n) is 11.1. The van der Waals surface area contributed by atoms with Crippen molar-refractivity contribution in [3.63, 3.8) is 0 Å². The summed E-state index contributed by atoms with van der Waals surface area (Å²) in [5, 5.41) is 10.8. The number of benzene rings is 2. The number of aromatic nitrogens is 1. The zero-order valence-corrected chi connectivity index (χ0v) is 19.2. The number of hydrogen-bond acceptors (Lipinski definition) is 6. The minimum absolute atomic E-state index is 0.0109. The molecule has 4 amide bonds. The fourth-order valence-electron chi connectivity index (χ4n) is 5.03. The summed E-state index contributed by atoms with van der Waals surface area (Å²) in [6.07, 6.45) is -3.15. The van der Waals surface area contributed by atoms with Crippen molar-refractivity contribution < 1.29 is 32.0 Å². The Bertz CT molecular complexity index is 1570. The number of amides is 4. The van der Waals surface area contributed by atoms with Gasteiger partial charge in [0.1, 0.15) is 5.92 Å². The number of urea groups is 1. The van der Waals surface area contributed by atoms with E-state index in [4.69, 9.17) is 9.68 Å². The van der Waals surface area contributed by atoms with Gasteiger partial charge in [0.2, 0.25) is 11.8 Å². The molecule has 1 fully saturated rings. The minimum Gasteiger partial charge on any atom is -0.408 e. The summed E-state index contributed by atoms with van der Waals surface area (Å²) in [7, 11) is 1.50. The molecule has 1 aromatic heterocycles. The summed E-state index contributed by atoms with van der Waals surface area (Å²) in [5.74, 6) is -4.00. The molecule has 1 N–H and O–H groups in total. The van der Waals surface area contributed by atoms with Crippen molar-refractivity contribution in [2.24, 2.45) is 13.0 Å². The van der Waals surface area contributed by atoms with Crippen LogP contribution in [0.2, 0.25) is 0 Å². The summed E-state index contributed by atoms with van der Waals surface area (Å²) >= 11 is 0. The molecule has 1 aliphatic heterocycles. The number of imide groups is 1. The molecule has 10 nitrogen and oxygen atoms in total. The molecular weight excluding hydrogens is 495 g/mol. The van der Waals surface area contributed by atoms with Gasteiger partial charge >= 0.3 is 18.0 Å². The third kappa shape index (κ3) is 3.81. The topological polar surface area (TPSA) is 129 Å². The number of halogens is 3. The predicted molar refractivity (Wildman–Crippen MR) is 121 cm³/mol. The number of nitrogens with zero attached hydrogens (tertiary/aromatic N) is 4. The minimum atomic E-state index is -4.62. The molecule has 2 aromatic carbocycles. The zero-order chi connectivity index (χ0) is 26.6. The van der Waals surface area contributed by atoms with E-state index in [0.717, 1.165) is 15.9 Å². The van der Waals surface area contributed by atoms with Crippen LogP contribution in [-0.2, 0) is 29.2 Å². The number of carbonyl (C=O) groups excluding carboxylic acids is 3. The van der Waals surface area contributed by atoms with Crippen LogP contribution in [0.25, 0.3) is 11.1 Å². The maximum Gasteiger partial charge on any atom is 0.419 e. The van der Waals surface area contributed by atoms with Gasteiger partial charge in [-0.1, -0.05) is 12.1 Å². The highest BCUT2D eigenvalue weighted by Crippen LogP contribution is 2.44. The fourth-order valence-corrected chi connectivity index (χ4v) is 5.03. The number of alkyl halides is 3. The van der Waals surface area contributed by atoms with Crippen LogP contribution in [0.5, 0.6) is 0 Å². The van der Waals surface area contributed by atoms with Gasteiger partial charge in [-0.2, -0.15) is 18.4 Å². The molecule has 0 radical (unpaired) electrons. The molecule has 5 rings (SSSR count). The number of fused-ring (bicyclic) bond motifs is 2. The second-order valence-electron chi connectivity index (χ2n) is 8.76. The Balaban J connectivity index is 1.60. The lowest BCUT2D eigenvalue weighted by Crippen LogP contribution is -2.60. The Kier molecular flexibility index (Phi) is 5.54. The monoisotopic (exact) mass is 513 g/mol. The molecule has 2 heterocycles. The molecule has 2 aliphatic rings. The van der Waals surface area contributed by atoms with E-state index >= 15 is 0 Å². The Morgan fingerprint density at radius 1 is 1.19 bits per heavy atom. The van der Waals surface area contributed by atoms with E-state index < -0.39 is 53.8 Å². The number of carbonyl (C=O) groups is 3. The van der Waals surface area contributed by atoms with Gasteiger partial charge < -0.3 is 4.42 Å². The van der Waals surface area contributed by atoms with Crippen LogP contribution in [0.4, 0.5) is 23.7 Å². The zero-order valence-electron chi connectivity index (χ0n) is 19.2. The molecule has 1 saturated heterocycles. The fraction of sp³-hybridized carbons (Fsp3) is 0.292. The number of nitriles is 1. The second kappa shape index (κ2) is 8.51. The molecule has 190 valence electrons. The molecule has 2 atom stereocenters. The first-order chi connectivity index (χ1) is 17.5. The molecule has 0 saturated carbocycles. The lowest BCUT2D eigenvalue weighted by atomic mass is 9.98. The highest BCUT2D eigenvalue weighted by Gasteiger charge is 2.49. The Labute approximate surface area is 206 Å². The number of aryl methyl sites for hydroxylation is 1. The molecule has 0 bridgehead atoms. The summed E-state index contributed by atoms with van der Waals surface area (Å²) in [5.41, 5.74) is 0.103. The number of hydrogen-bond donors (Lipinski definition) is 1. The van der Waals surface area contributed by atoms with Gasteiger partial charge in [-0.15, -0.1) is 0 Å². The average Bonchev–Trinajstić information content (AvgIpc) is 3.39. The van der Waals surface area contributed by atoms with Crippen molar-refractivity contribution in [1.82, 2.24) is 14.8 Å². The van der Waals surface area contributed by atoms with Gasteiger partial charge in [0.05, 0.1) is 17.1 Å². The van der Waals surface area contributed by atoms with Crippen molar-refractivity contribution in [3.8, 4) is 6.19 Å². The van der Waals surface area contributed by atoms with Gasteiger partial charge in [0.15, 0.2) is 11.8 Å². The smallest absolute Gasteiger partial charge is 0.408 e. The third-order valence-corrected chi connectivity index (χ3v) is 6.78. The maximum atomic E-state index is 13.7. The van der Waals surface area contributed by atoms with E-state index in [-0.39, 0.29) is 35.2 Å². The van der Waals surface area contributed by atoms with Crippen molar-refractivity contribution in [2.75, 3.05) is 11.4 Å². The van der Waals surface area contributed by atoms with Crippen LogP contribution in [0.1, 0.15) is 29.2 Å². The normalized spacial score (nSPS) is 19.8. The van der Waals surface area contributed by atoms with Crippen molar-refractivity contribution in [1.29, 1.82) is 5.26 Å². The number of nitrogens with one attached hydrogen (secondary N) is 1. The van der Waals surface area contributed by atoms with E-state index in [2.05, 4.69) is 0 Å². The number of anilines is 1. The number of oxazole rings is 1. The highest BCUT2D eigenvalue weighted by atomic mass is 19.4. The standard InChI is InChI=1S/C24H18F3N5O5/c1-30-18-7-5-12(9-19(18)37-23(30)36)31-10-15(20(33)29-11-28)21(34)32(22(31)35)17-8-6-13-14(17)3-2-4-16(13)24(25,26)27/h2-5,7,9,15,17H,6,8,10H2,1H3,(H,29,33). The summed E-state index contributed by atoms with van der Waals surface area (Å²) in [4.78, 5) is 53.5. The van der Waals surface area contributed by atoms with Gasteiger partial charge in [-0.25, -0.2) is 9.59 Å². The Morgan fingerprint density at radius 3 is 2.65 bits per heavy atom. The van der Waals surface area contributed by atoms with Crippen molar-refractivity contribution in [3.05, 3.63) is 63.6 Å². The summed E-state index contributed by atoms with van der Waals surface area (Å²) < 4.78 is 47.2. The Morgan fingerprint density at radius 2 is 1.95 bits per heavy atom. The van der Waals surface area contributed by atoms with Crippen LogP contribution < -0.4 is 16.0 Å². The molecule has 37 heavy (non-hydrogen) atoms. The quantitative estimate of drug-likeness (QED) is 0.326. The van der Waals surface area contributed by atoms with Crippen molar-refractivity contribution >= 4 is 34.6 Å². The largest absolute Gasteiger partial charge is 0.419 e. The molecule has 13 heteroatoms. The third-order valence-electron chi connectivity index (χ3n) is 6.78. The first-order valence-corrected chi connectivity index (χ1v) is 11.1. The Hall–Kier alpha value is -4.60. The summed E-state index contributed by atoms with van der Waals surface area (Å²) in [6.45, 7) is -0.424. The lowest BCUT2D eigenvalue weighted by Gasteiger charge is -2.40. The first kappa shape index (κ1) is 24.1. The lowest BCUT2D eigenvalue weighted by molar-refractivity contribution is -0.141. The van der Waals surface area contributed by atoms with Crippen LogP contribution >= 0.6 is 0 Å². The summed E-state index contributed by atoms with van der Waals surface area (Å²) in [6, 6.07) is 6.10. The van der Waals surface area contributed by atoms with E-state index in [9.17, 15) is 32.3 Å². The molecular formula is C24H18F3N5O5. The van der Waals surface area contributed by atoms with Gasteiger partial charge in [-0.05, 0) is 42.2 Å². The van der Waals surface area contributed by atoms with E-state index in [1.807, 2.05) is 5.32 Å². The van der Waals surface area contributed by atoms with E-state index in [1.54, 1.807) is 0 Å². The molecule has 3 aromatic rings. The average molecular weight is 513 g/mol. The highest BCUT2D eigenvalue weighted by molar-refractivity contribution is 6.14. The van der Waals surface area contributed by atoms with Crippen LogP contribution in [0.15, 0.2) is 45.6 Å². The van der Waals surface area contributed by atoms with Gasteiger partial charge in [-0.3, -0.25) is 29.3 Å². The van der Waals surface area contributed by atoms with Gasteiger partial charge in [0, 0.05) is 25.3 Å². The molecule has 0 spiro atoms. The van der Waals surface area contributed by atoms with Crippen LogP contribution in [0.3, 0.4) is 0 Å². The van der Waals surface area contributed by atoms with Crippen LogP contribution in [-0.4, -0.2) is 33.9 Å². The van der Waals surface area contributed by atoms with Crippen molar-refractivity contribution in [2.45, 2.75) is 25.1 Å². The second-order valence-corrected chi connectivity index (χ2v) is 8.76. The predicted octanol–water partition coefficient (Wildman–Crippen LogP) is 2.82. The van der Waals surface area contributed by atoms with Gasteiger partial charge in [0.25, 0.3) is 0 Å². The SMILES string of the molecule is Cn1c(=O)oc2cc(N3CC(C(=O)NC#N)C(=O)N(C4CCc5c4cccc5C(F)(F)F)C3=O)ccc21. The molecule has 1 aliphatic carbocycles. The van der Waals surface area contributed by atoms with E-state index in [0.29, 0.717) is 5.52 Å². The van der Waals surface area contributed by atoms with E-state index in [1.165, 1.54) is 48.1 Å².